The number of nitrogens with one attached hydrogen (secondary N) is 3. The van der Waals surface area contributed by atoms with Gasteiger partial charge in [0.15, 0.2) is 5.82 Å². The van der Waals surface area contributed by atoms with Crippen molar-refractivity contribution in [2.24, 2.45) is 0 Å². The predicted octanol–water partition coefficient (Wildman–Crippen LogP) is 3.48. The molecule has 3 amide bonds. The minimum absolute atomic E-state index is 0.0758. The van der Waals surface area contributed by atoms with Gasteiger partial charge in [0, 0.05) is 29.7 Å². The molecule has 0 bridgehead atoms. The van der Waals surface area contributed by atoms with E-state index in [1.807, 2.05) is 32.9 Å². The molecule has 1 aromatic carbocycles. The van der Waals surface area contributed by atoms with Gasteiger partial charge in [0.05, 0.1) is 18.3 Å². The minimum Gasteiger partial charge on any atom is -0.382 e. The topological polar surface area (TPSA) is 149 Å². The van der Waals surface area contributed by atoms with Gasteiger partial charge in [-0.2, -0.15) is 5.10 Å². The molecule has 4 rings (SSSR count). The first-order chi connectivity index (χ1) is 17.3. The standard InChI is InChI=1S/C25H28N8O3/c1-15(2)36-12-11-27-24(34)19-13-33-22(23(26)28-14-29-33)21(19)17-7-9-18(10-8-17)31-25(35)32-20-6-4-5-16(3)30-20/h4-10,13-15H,11-12H2,1-3H3,(H,27,34)(H2,26,28,29)(H2,30,31,32,35). The molecule has 0 aliphatic carbocycles. The summed E-state index contributed by atoms with van der Waals surface area (Å²) in [6.07, 6.45) is 3.03. The number of pyridine rings is 1. The van der Waals surface area contributed by atoms with Crippen LogP contribution in [-0.2, 0) is 4.74 Å². The third-order valence-electron chi connectivity index (χ3n) is 5.25. The van der Waals surface area contributed by atoms with Crippen molar-refractivity contribution in [3.8, 4) is 11.1 Å². The molecule has 0 fully saturated rings. The molecule has 0 spiro atoms. The van der Waals surface area contributed by atoms with Crippen molar-refractivity contribution in [2.45, 2.75) is 26.9 Å². The van der Waals surface area contributed by atoms with Crippen molar-refractivity contribution < 1.29 is 14.3 Å². The quantitative estimate of drug-likeness (QED) is 0.277. The normalized spacial score (nSPS) is 11.0. The van der Waals surface area contributed by atoms with E-state index in [-0.39, 0.29) is 17.8 Å². The number of anilines is 3. The van der Waals surface area contributed by atoms with Gasteiger partial charge >= 0.3 is 6.03 Å². The molecular weight excluding hydrogens is 460 g/mol. The van der Waals surface area contributed by atoms with Crippen LogP contribution in [0.3, 0.4) is 0 Å². The first kappa shape index (κ1) is 24.6. The van der Waals surface area contributed by atoms with Gasteiger partial charge in [-0.1, -0.05) is 18.2 Å². The van der Waals surface area contributed by atoms with Gasteiger partial charge in [-0.3, -0.25) is 10.1 Å². The molecule has 11 nitrogen and oxygen atoms in total. The smallest absolute Gasteiger partial charge is 0.324 e. The molecule has 3 heterocycles. The number of hydrogen-bond donors (Lipinski definition) is 4. The Morgan fingerprint density at radius 1 is 1.11 bits per heavy atom. The summed E-state index contributed by atoms with van der Waals surface area (Å²) in [7, 11) is 0. The molecule has 5 N–H and O–H groups in total. The predicted molar refractivity (Wildman–Crippen MR) is 138 cm³/mol. The number of amides is 3. The van der Waals surface area contributed by atoms with Crippen LogP contribution in [0.5, 0.6) is 0 Å². The number of urea groups is 1. The van der Waals surface area contributed by atoms with Crippen LogP contribution in [0.1, 0.15) is 29.9 Å². The Balaban J connectivity index is 1.56. The van der Waals surface area contributed by atoms with Crippen molar-refractivity contribution in [1.29, 1.82) is 0 Å². The van der Waals surface area contributed by atoms with Gasteiger partial charge in [0.1, 0.15) is 17.7 Å². The molecule has 3 aromatic heterocycles. The summed E-state index contributed by atoms with van der Waals surface area (Å²) < 4.78 is 7.04. The van der Waals surface area contributed by atoms with Crippen LogP contribution in [0.4, 0.5) is 22.1 Å². The molecule has 0 atom stereocenters. The van der Waals surface area contributed by atoms with Gasteiger partial charge in [-0.25, -0.2) is 19.3 Å². The molecule has 0 aliphatic heterocycles. The summed E-state index contributed by atoms with van der Waals surface area (Å²) in [6, 6.07) is 12.0. The number of carbonyl (C=O) groups is 2. The van der Waals surface area contributed by atoms with Gasteiger partial charge < -0.3 is 21.1 Å². The third-order valence-corrected chi connectivity index (χ3v) is 5.25. The summed E-state index contributed by atoms with van der Waals surface area (Å²) in [5, 5.41) is 12.5. The summed E-state index contributed by atoms with van der Waals surface area (Å²) in [6.45, 7) is 6.47. The molecule has 0 radical (unpaired) electrons. The fraction of sp³-hybridized carbons (Fsp3) is 0.240. The highest BCUT2D eigenvalue weighted by molar-refractivity contribution is 6.07. The second kappa shape index (κ2) is 10.8. The maximum Gasteiger partial charge on any atom is 0.324 e. The zero-order valence-electron chi connectivity index (χ0n) is 20.3. The number of fused-ring (bicyclic) bond motifs is 1. The zero-order chi connectivity index (χ0) is 25.7. The second-order valence-corrected chi connectivity index (χ2v) is 8.35. The van der Waals surface area contributed by atoms with Crippen molar-refractivity contribution in [3.05, 3.63) is 66.2 Å². The zero-order valence-corrected chi connectivity index (χ0v) is 20.3. The lowest BCUT2D eigenvalue weighted by molar-refractivity contribution is 0.0747. The van der Waals surface area contributed by atoms with E-state index in [1.54, 1.807) is 36.5 Å². The number of rotatable bonds is 8. The third kappa shape index (κ3) is 5.76. The Morgan fingerprint density at radius 2 is 1.89 bits per heavy atom. The first-order valence-corrected chi connectivity index (χ1v) is 11.5. The second-order valence-electron chi connectivity index (χ2n) is 8.35. The fourth-order valence-corrected chi connectivity index (χ4v) is 3.67. The van der Waals surface area contributed by atoms with Crippen molar-refractivity contribution in [1.82, 2.24) is 24.9 Å². The molecule has 0 aliphatic rings. The van der Waals surface area contributed by atoms with E-state index in [1.165, 1.54) is 10.8 Å². The number of nitrogens with zero attached hydrogens (tertiary/aromatic N) is 4. The Hall–Kier alpha value is -4.51. The Kier molecular flexibility index (Phi) is 7.40. The molecule has 0 saturated heterocycles. The van der Waals surface area contributed by atoms with E-state index in [4.69, 9.17) is 10.5 Å². The number of nitrogen functional groups attached to an aromatic ring is 1. The van der Waals surface area contributed by atoms with E-state index in [0.717, 1.165) is 5.69 Å². The monoisotopic (exact) mass is 488 g/mol. The lowest BCUT2D eigenvalue weighted by atomic mass is 10.0. The number of aromatic nitrogens is 4. The van der Waals surface area contributed by atoms with Gasteiger partial charge in [0.25, 0.3) is 5.91 Å². The number of aryl methyl sites for hydroxylation is 1. The number of benzene rings is 1. The summed E-state index contributed by atoms with van der Waals surface area (Å²) in [5.41, 5.74) is 9.74. The van der Waals surface area contributed by atoms with Gasteiger partial charge in [0.2, 0.25) is 0 Å². The van der Waals surface area contributed by atoms with Gasteiger partial charge in [-0.05, 0) is 50.6 Å². The van der Waals surface area contributed by atoms with Crippen LogP contribution < -0.4 is 21.7 Å². The highest BCUT2D eigenvalue weighted by Gasteiger charge is 2.21. The molecule has 186 valence electrons. The van der Waals surface area contributed by atoms with Crippen LogP contribution in [0, 0.1) is 6.92 Å². The summed E-state index contributed by atoms with van der Waals surface area (Å²) in [5.74, 6) is 0.415. The molecule has 0 unspecified atom stereocenters. The van der Waals surface area contributed by atoms with Crippen LogP contribution >= 0.6 is 0 Å². The average Bonchev–Trinajstić information content (AvgIpc) is 3.23. The van der Waals surface area contributed by atoms with E-state index in [0.29, 0.717) is 46.9 Å². The van der Waals surface area contributed by atoms with E-state index in [2.05, 4.69) is 31.0 Å². The molecule has 11 heteroatoms. The van der Waals surface area contributed by atoms with Gasteiger partial charge in [-0.15, -0.1) is 0 Å². The highest BCUT2D eigenvalue weighted by atomic mass is 16.5. The van der Waals surface area contributed by atoms with Crippen LogP contribution in [0.25, 0.3) is 16.6 Å². The molecular formula is C25H28N8O3. The lowest BCUT2D eigenvalue weighted by Gasteiger charge is -2.11. The summed E-state index contributed by atoms with van der Waals surface area (Å²) >= 11 is 0. The fourth-order valence-electron chi connectivity index (χ4n) is 3.67. The van der Waals surface area contributed by atoms with Crippen molar-refractivity contribution >= 4 is 34.8 Å². The summed E-state index contributed by atoms with van der Waals surface area (Å²) in [4.78, 5) is 33.8. The highest BCUT2D eigenvalue weighted by Crippen LogP contribution is 2.33. The first-order valence-electron chi connectivity index (χ1n) is 11.5. The van der Waals surface area contributed by atoms with Crippen LogP contribution in [0.15, 0.2) is 55.0 Å². The maximum atomic E-state index is 13.0. The van der Waals surface area contributed by atoms with Crippen molar-refractivity contribution in [3.63, 3.8) is 0 Å². The maximum absolute atomic E-state index is 13.0. The van der Waals surface area contributed by atoms with Crippen LogP contribution in [0.2, 0.25) is 0 Å². The largest absolute Gasteiger partial charge is 0.382 e. The Morgan fingerprint density at radius 3 is 2.61 bits per heavy atom. The number of nitrogens with two attached hydrogens (primary N) is 1. The average molecular weight is 489 g/mol. The van der Waals surface area contributed by atoms with E-state index in [9.17, 15) is 9.59 Å². The lowest BCUT2D eigenvalue weighted by Crippen LogP contribution is -2.28. The van der Waals surface area contributed by atoms with Crippen molar-refractivity contribution in [2.75, 3.05) is 29.5 Å². The molecule has 36 heavy (non-hydrogen) atoms. The minimum atomic E-state index is -0.420. The Bertz CT molecular complexity index is 1380. The van der Waals surface area contributed by atoms with E-state index < -0.39 is 6.03 Å². The SMILES string of the molecule is Cc1cccc(NC(=O)Nc2ccc(-c3c(C(=O)NCCOC(C)C)cn4ncnc(N)c34)cc2)n1. The Labute approximate surface area is 208 Å². The number of carbonyl (C=O) groups excluding carboxylic acids is 2. The number of hydrogen-bond acceptors (Lipinski definition) is 7. The molecule has 0 saturated carbocycles. The van der Waals surface area contributed by atoms with E-state index >= 15 is 0 Å². The van der Waals surface area contributed by atoms with Crippen LogP contribution in [-0.4, -0.2) is 50.8 Å². The molecule has 4 aromatic rings. The number of ether oxygens (including phenoxy) is 1.